The quantitative estimate of drug-likeness (QED) is 0.393. The van der Waals surface area contributed by atoms with E-state index in [1.165, 1.54) is 4.90 Å². The first-order valence-corrected chi connectivity index (χ1v) is 9.95. The Hall–Kier alpha value is -2.56. The third-order valence-electron chi connectivity index (χ3n) is 5.51. The van der Waals surface area contributed by atoms with Crippen molar-refractivity contribution in [2.24, 2.45) is 5.92 Å². The van der Waals surface area contributed by atoms with Crippen molar-refractivity contribution < 1.29 is 29.1 Å². The molecule has 2 aliphatic heterocycles. The molecule has 162 valence electrons. The molecule has 29 heavy (non-hydrogen) atoms. The van der Waals surface area contributed by atoms with Crippen LogP contribution < -0.4 is 16.2 Å². The topological polar surface area (TPSA) is 140 Å². The zero-order valence-electron chi connectivity index (χ0n) is 16.9. The number of urea groups is 1. The van der Waals surface area contributed by atoms with E-state index in [9.17, 15) is 24.4 Å². The Kier molecular flexibility index (Phi) is 5.87. The van der Waals surface area contributed by atoms with Crippen LogP contribution in [0.1, 0.15) is 52.9 Å². The van der Waals surface area contributed by atoms with Crippen LogP contribution in [0.3, 0.4) is 0 Å². The smallest absolute Gasteiger partial charge is 0.407 e. The Balaban J connectivity index is 1.50. The van der Waals surface area contributed by atoms with Crippen LogP contribution in [0.5, 0.6) is 0 Å². The molecule has 3 fully saturated rings. The maximum Gasteiger partial charge on any atom is 0.407 e. The van der Waals surface area contributed by atoms with Crippen LogP contribution >= 0.6 is 0 Å². The average Bonchev–Trinajstić information content (AvgIpc) is 3.17. The fraction of sp³-hybridized carbons (Fsp3) is 0.778. The van der Waals surface area contributed by atoms with Crippen molar-refractivity contribution in [3.8, 4) is 0 Å². The number of hydroxylamine groups is 2. The third kappa shape index (κ3) is 4.72. The summed E-state index contributed by atoms with van der Waals surface area (Å²) in [5.41, 5.74) is 4.16. The number of carbonyl (C=O) groups excluding carboxylic acids is 4. The van der Waals surface area contributed by atoms with Gasteiger partial charge in [0.1, 0.15) is 11.6 Å². The monoisotopic (exact) mass is 411 g/mol. The van der Waals surface area contributed by atoms with Gasteiger partial charge in [-0.15, -0.1) is 0 Å². The molecule has 4 atom stereocenters. The molecule has 2 saturated heterocycles. The van der Waals surface area contributed by atoms with Crippen molar-refractivity contribution in [2.45, 2.75) is 76.6 Å². The second kappa shape index (κ2) is 8.05. The number of rotatable bonds is 3. The maximum absolute atomic E-state index is 12.5. The highest BCUT2D eigenvalue weighted by Gasteiger charge is 2.47. The van der Waals surface area contributed by atoms with E-state index in [0.717, 1.165) is 6.42 Å². The SMILES string of the molecule is CC(C)(C)OC(=O)N[C@@H]1CCC[C@H]1C(=O)NNC(=O)[C@@H]1CC[C@H]2CN1C(=O)N2O. The summed E-state index contributed by atoms with van der Waals surface area (Å²) >= 11 is 0. The zero-order valence-corrected chi connectivity index (χ0v) is 16.9. The molecule has 4 N–H and O–H groups in total. The zero-order chi connectivity index (χ0) is 21.3. The van der Waals surface area contributed by atoms with E-state index in [1.807, 2.05) is 0 Å². The number of fused-ring (bicyclic) bond motifs is 2. The Morgan fingerprint density at radius 1 is 1.07 bits per heavy atom. The van der Waals surface area contributed by atoms with Crippen LogP contribution in [-0.2, 0) is 14.3 Å². The largest absolute Gasteiger partial charge is 0.444 e. The number of hydrazine groups is 1. The standard InChI is InChI=1S/C18H29N5O6/c1-18(2,3)29-16(26)19-12-6-4-5-11(12)14(24)20-21-15(25)13-8-7-10-9-22(13)17(27)23(10)28/h10-13,28H,4-9H2,1-3H3,(H,19,26)(H,20,24)(H,21,25)/t10-,11+,12+,13-/m0/s1. The van der Waals surface area contributed by atoms with Gasteiger partial charge in [0, 0.05) is 12.6 Å². The van der Waals surface area contributed by atoms with E-state index in [-0.39, 0.29) is 18.6 Å². The van der Waals surface area contributed by atoms with E-state index < -0.39 is 41.5 Å². The molecule has 3 aliphatic rings. The van der Waals surface area contributed by atoms with Gasteiger partial charge in [0.25, 0.3) is 5.91 Å². The minimum atomic E-state index is -0.740. The summed E-state index contributed by atoms with van der Waals surface area (Å²) in [6, 6.07) is -2.01. The lowest BCUT2D eigenvalue weighted by Crippen LogP contribution is -2.56. The van der Waals surface area contributed by atoms with Crippen LogP contribution in [0.15, 0.2) is 0 Å². The van der Waals surface area contributed by atoms with Crippen molar-refractivity contribution in [2.75, 3.05) is 6.54 Å². The van der Waals surface area contributed by atoms with Gasteiger partial charge in [-0.1, -0.05) is 6.42 Å². The number of hydrogen-bond acceptors (Lipinski definition) is 6. The van der Waals surface area contributed by atoms with Crippen LogP contribution in [0.2, 0.25) is 0 Å². The highest BCUT2D eigenvalue weighted by atomic mass is 16.6. The molecule has 3 rings (SSSR count). The van der Waals surface area contributed by atoms with Crippen LogP contribution in [0, 0.1) is 5.92 Å². The molecule has 1 saturated carbocycles. The van der Waals surface area contributed by atoms with Crippen molar-refractivity contribution in [1.82, 2.24) is 26.1 Å². The summed E-state index contributed by atoms with van der Waals surface area (Å²) in [4.78, 5) is 50.3. The molecular formula is C18H29N5O6. The Morgan fingerprint density at radius 3 is 2.45 bits per heavy atom. The summed E-state index contributed by atoms with van der Waals surface area (Å²) in [5.74, 6) is -1.39. The van der Waals surface area contributed by atoms with E-state index in [2.05, 4.69) is 16.2 Å². The second-order valence-corrected chi connectivity index (χ2v) is 8.80. The molecule has 11 heteroatoms. The summed E-state index contributed by atoms with van der Waals surface area (Å²) in [6.45, 7) is 5.56. The molecule has 0 unspecified atom stereocenters. The minimum Gasteiger partial charge on any atom is -0.444 e. The number of ether oxygens (including phenoxy) is 1. The lowest BCUT2D eigenvalue weighted by atomic mass is 10.0. The molecule has 2 heterocycles. The van der Waals surface area contributed by atoms with Crippen LogP contribution in [0.4, 0.5) is 9.59 Å². The van der Waals surface area contributed by atoms with Gasteiger partial charge in [0.2, 0.25) is 5.91 Å². The lowest BCUT2D eigenvalue weighted by Gasteiger charge is -2.29. The molecule has 0 aromatic heterocycles. The van der Waals surface area contributed by atoms with Gasteiger partial charge >= 0.3 is 12.1 Å². The summed E-state index contributed by atoms with van der Waals surface area (Å²) in [7, 11) is 0. The first-order chi connectivity index (χ1) is 13.6. The molecule has 11 nitrogen and oxygen atoms in total. The van der Waals surface area contributed by atoms with Gasteiger partial charge in [-0.2, -0.15) is 0 Å². The Bertz CT molecular complexity index is 693. The molecule has 0 spiro atoms. The summed E-state index contributed by atoms with van der Waals surface area (Å²) < 4.78 is 5.24. The van der Waals surface area contributed by atoms with Gasteiger partial charge in [-0.05, 0) is 46.5 Å². The number of nitrogens with zero attached hydrogens (tertiary/aromatic N) is 2. The number of alkyl carbamates (subject to hydrolysis) is 1. The van der Waals surface area contributed by atoms with Crippen molar-refractivity contribution in [3.63, 3.8) is 0 Å². The number of hydrogen-bond donors (Lipinski definition) is 4. The first kappa shape index (κ1) is 21.2. The molecule has 0 radical (unpaired) electrons. The van der Waals surface area contributed by atoms with E-state index in [0.29, 0.717) is 30.7 Å². The maximum atomic E-state index is 12.5. The van der Waals surface area contributed by atoms with Gasteiger partial charge < -0.3 is 15.0 Å². The van der Waals surface area contributed by atoms with Crippen molar-refractivity contribution >= 4 is 23.9 Å². The second-order valence-electron chi connectivity index (χ2n) is 8.80. The van der Waals surface area contributed by atoms with Gasteiger partial charge in [0.05, 0.1) is 12.0 Å². The van der Waals surface area contributed by atoms with E-state index in [1.54, 1.807) is 20.8 Å². The Morgan fingerprint density at radius 2 is 1.76 bits per heavy atom. The predicted molar refractivity (Wildman–Crippen MR) is 99.3 cm³/mol. The molecule has 2 bridgehead atoms. The van der Waals surface area contributed by atoms with Crippen molar-refractivity contribution in [3.05, 3.63) is 0 Å². The van der Waals surface area contributed by atoms with E-state index in [4.69, 9.17) is 4.74 Å². The number of carbonyl (C=O) groups is 4. The summed E-state index contributed by atoms with van der Waals surface area (Å²) in [6.07, 6.45) is 2.33. The van der Waals surface area contributed by atoms with Gasteiger partial charge in [-0.3, -0.25) is 25.6 Å². The third-order valence-corrected chi connectivity index (χ3v) is 5.51. The minimum absolute atomic E-state index is 0.284. The fourth-order valence-corrected chi connectivity index (χ4v) is 4.13. The predicted octanol–water partition coefficient (Wildman–Crippen LogP) is 0.485. The number of nitrogens with one attached hydrogen (secondary N) is 3. The van der Waals surface area contributed by atoms with Gasteiger partial charge in [0.15, 0.2) is 0 Å². The number of amides is 5. The first-order valence-electron chi connectivity index (χ1n) is 9.95. The molecule has 1 aliphatic carbocycles. The Labute approximate surface area is 169 Å². The average molecular weight is 411 g/mol. The highest BCUT2D eigenvalue weighted by Crippen LogP contribution is 2.29. The summed E-state index contributed by atoms with van der Waals surface area (Å²) in [5, 5.41) is 13.1. The van der Waals surface area contributed by atoms with Crippen molar-refractivity contribution in [1.29, 1.82) is 0 Å². The van der Waals surface area contributed by atoms with E-state index >= 15 is 0 Å². The molecule has 0 aromatic carbocycles. The molecule has 0 aromatic rings. The van der Waals surface area contributed by atoms with Gasteiger partial charge in [-0.25, -0.2) is 14.7 Å². The van der Waals surface area contributed by atoms with Crippen LogP contribution in [0.25, 0.3) is 0 Å². The lowest BCUT2D eigenvalue weighted by molar-refractivity contribution is -0.133. The number of piperidine rings is 1. The normalized spacial score (nSPS) is 28.9. The molecular weight excluding hydrogens is 382 g/mol. The molecule has 5 amide bonds. The highest BCUT2D eigenvalue weighted by molar-refractivity contribution is 5.90. The fourth-order valence-electron chi connectivity index (χ4n) is 4.13. The van der Waals surface area contributed by atoms with Crippen LogP contribution in [-0.4, -0.2) is 69.4 Å².